The zero-order valence-electron chi connectivity index (χ0n) is 11.2. The average Bonchev–Trinajstić information content (AvgIpc) is 3.08. The monoisotopic (exact) mass is 294 g/mol. The number of nitrogens with zero attached hydrogens (tertiary/aromatic N) is 2. The summed E-state index contributed by atoms with van der Waals surface area (Å²) in [4.78, 5) is 20.2. The maximum absolute atomic E-state index is 11.9. The van der Waals surface area contributed by atoms with Gasteiger partial charge >= 0.3 is 18.1 Å². The Kier molecular flexibility index (Phi) is 2.75. The van der Waals surface area contributed by atoms with Gasteiger partial charge in [-0.05, 0) is 24.3 Å². The molecule has 7 nitrogen and oxygen atoms in total. The quantitative estimate of drug-likeness (QED) is 0.589. The lowest BCUT2D eigenvalue weighted by Gasteiger charge is -1.99. The van der Waals surface area contributed by atoms with Gasteiger partial charge in [-0.25, -0.2) is 4.79 Å². The Hall–Kier alpha value is -3.35. The molecule has 108 valence electrons. The fourth-order valence-corrected chi connectivity index (χ4v) is 2.08. The Morgan fingerprint density at radius 3 is 1.68 bits per heavy atom. The van der Waals surface area contributed by atoms with Gasteiger partial charge in [0.15, 0.2) is 11.2 Å². The predicted octanol–water partition coefficient (Wildman–Crippen LogP) is 3.61. The van der Waals surface area contributed by atoms with Crippen molar-refractivity contribution in [3.05, 3.63) is 48.5 Å². The Bertz CT molecular complexity index is 829. The lowest BCUT2D eigenvalue weighted by Crippen LogP contribution is -2.19. The molecule has 0 saturated heterocycles. The largest absolute Gasteiger partial charge is 0.423 e. The maximum atomic E-state index is 11.9. The first-order valence-electron chi connectivity index (χ1n) is 6.57. The third-order valence-electron chi connectivity index (χ3n) is 3.03. The zero-order chi connectivity index (χ0) is 14.9. The molecule has 0 atom stereocenters. The molecular formula is C15H10N4O3. The third-order valence-corrected chi connectivity index (χ3v) is 3.03. The number of carbonyl (C=O) groups is 1. The summed E-state index contributed by atoms with van der Waals surface area (Å²) in [5.41, 5.74) is 2.53. The molecule has 2 amide bonds. The lowest BCUT2D eigenvalue weighted by molar-refractivity contribution is 0.261. The number of benzene rings is 2. The number of aromatic nitrogens is 2. The molecule has 2 aromatic carbocycles. The molecule has 0 aliphatic carbocycles. The molecule has 7 heteroatoms. The van der Waals surface area contributed by atoms with Crippen LogP contribution in [0.2, 0.25) is 0 Å². The summed E-state index contributed by atoms with van der Waals surface area (Å²) < 4.78 is 10.8. The molecule has 2 heterocycles. The molecule has 0 aliphatic heterocycles. The van der Waals surface area contributed by atoms with Gasteiger partial charge in [0.05, 0.1) is 0 Å². The van der Waals surface area contributed by atoms with Crippen LogP contribution in [0.1, 0.15) is 0 Å². The van der Waals surface area contributed by atoms with Gasteiger partial charge in [-0.1, -0.05) is 24.3 Å². The van der Waals surface area contributed by atoms with E-state index in [0.29, 0.717) is 22.2 Å². The SMILES string of the molecule is O=C(Nc1nc2ccccc2o1)Nc1nc2ccccc2o1. The molecule has 22 heavy (non-hydrogen) atoms. The number of carbonyl (C=O) groups excluding carboxylic acids is 1. The van der Waals surface area contributed by atoms with Crippen LogP contribution in [0.3, 0.4) is 0 Å². The molecule has 4 rings (SSSR count). The van der Waals surface area contributed by atoms with Crippen LogP contribution in [0.5, 0.6) is 0 Å². The number of oxazole rings is 2. The molecule has 0 aliphatic rings. The van der Waals surface area contributed by atoms with Crippen molar-refractivity contribution in [2.45, 2.75) is 0 Å². The summed E-state index contributed by atoms with van der Waals surface area (Å²) in [5, 5.41) is 4.99. The number of hydrogen-bond donors (Lipinski definition) is 2. The molecule has 4 aromatic rings. The van der Waals surface area contributed by atoms with E-state index in [1.54, 1.807) is 24.3 Å². The van der Waals surface area contributed by atoms with Crippen LogP contribution >= 0.6 is 0 Å². The summed E-state index contributed by atoms with van der Waals surface area (Å²) in [6.45, 7) is 0. The number of hydrogen-bond acceptors (Lipinski definition) is 5. The molecule has 0 spiro atoms. The van der Waals surface area contributed by atoms with E-state index < -0.39 is 6.03 Å². The van der Waals surface area contributed by atoms with Gasteiger partial charge in [-0.15, -0.1) is 0 Å². The number of amides is 2. The fraction of sp³-hybridized carbons (Fsp3) is 0. The Balaban J connectivity index is 1.52. The van der Waals surface area contributed by atoms with Crippen molar-refractivity contribution in [1.29, 1.82) is 0 Å². The smallest absolute Gasteiger partial charge is 0.330 e. The van der Waals surface area contributed by atoms with Gasteiger partial charge in [0.2, 0.25) is 0 Å². The first-order chi connectivity index (χ1) is 10.8. The second-order valence-corrected chi connectivity index (χ2v) is 4.55. The van der Waals surface area contributed by atoms with Gasteiger partial charge in [-0.3, -0.25) is 10.6 Å². The van der Waals surface area contributed by atoms with Crippen molar-refractivity contribution < 1.29 is 13.6 Å². The minimum absolute atomic E-state index is 0.106. The van der Waals surface area contributed by atoms with Crippen LogP contribution in [-0.4, -0.2) is 16.0 Å². The van der Waals surface area contributed by atoms with Gasteiger partial charge in [0.1, 0.15) is 11.0 Å². The van der Waals surface area contributed by atoms with Gasteiger partial charge in [-0.2, -0.15) is 9.97 Å². The van der Waals surface area contributed by atoms with E-state index in [4.69, 9.17) is 8.83 Å². The highest BCUT2D eigenvalue weighted by Gasteiger charge is 2.12. The van der Waals surface area contributed by atoms with E-state index in [9.17, 15) is 4.79 Å². The number of urea groups is 1. The summed E-state index contributed by atoms with van der Waals surface area (Å²) in [6.07, 6.45) is 0. The molecular weight excluding hydrogens is 284 g/mol. The maximum Gasteiger partial charge on any atom is 0.330 e. The normalized spacial score (nSPS) is 10.9. The van der Waals surface area contributed by atoms with E-state index in [1.807, 2.05) is 24.3 Å². The Morgan fingerprint density at radius 2 is 1.23 bits per heavy atom. The standard InChI is InChI=1S/C15H10N4O3/c20-13(18-14-16-9-5-1-3-7-11(9)21-14)19-15-17-10-6-2-4-8-12(10)22-15/h1-8H,(H2,16,17,18,19,20). The van der Waals surface area contributed by atoms with Crippen molar-refractivity contribution >= 4 is 40.3 Å². The van der Waals surface area contributed by atoms with E-state index in [0.717, 1.165) is 0 Å². The summed E-state index contributed by atoms with van der Waals surface area (Å²) in [6, 6.07) is 14.1. The number of para-hydroxylation sites is 4. The summed E-state index contributed by atoms with van der Waals surface area (Å²) >= 11 is 0. The van der Waals surface area contributed by atoms with Gasteiger partial charge < -0.3 is 8.83 Å². The summed E-state index contributed by atoms with van der Waals surface area (Å²) in [5.74, 6) is 0. The van der Waals surface area contributed by atoms with Crippen LogP contribution in [0.25, 0.3) is 22.2 Å². The van der Waals surface area contributed by atoms with E-state index >= 15 is 0 Å². The van der Waals surface area contributed by atoms with Crippen molar-refractivity contribution in [2.75, 3.05) is 10.6 Å². The predicted molar refractivity (Wildman–Crippen MR) is 80.7 cm³/mol. The fourth-order valence-electron chi connectivity index (χ4n) is 2.08. The van der Waals surface area contributed by atoms with Gasteiger partial charge in [0, 0.05) is 0 Å². The van der Waals surface area contributed by atoms with E-state index in [1.165, 1.54) is 0 Å². The molecule has 2 N–H and O–H groups in total. The molecule has 2 aromatic heterocycles. The Morgan fingerprint density at radius 1 is 0.773 bits per heavy atom. The molecule has 0 radical (unpaired) electrons. The third kappa shape index (κ3) is 2.24. The highest BCUT2D eigenvalue weighted by molar-refractivity contribution is 5.98. The van der Waals surface area contributed by atoms with Gasteiger partial charge in [0.25, 0.3) is 0 Å². The molecule has 0 saturated carbocycles. The highest BCUT2D eigenvalue weighted by Crippen LogP contribution is 2.20. The molecule has 0 bridgehead atoms. The molecule has 0 unspecified atom stereocenters. The minimum atomic E-state index is -0.543. The number of anilines is 2. The topological polar surface area (TPSA) is 93.2 Å². The molecule has 0 fully saturated rings. The number of rotatable bonds is 2. The summed E-state index contributed by atoms with van der Waals surface area (Å²) in [7, 11) is 0. The van der Waals surface area contributed by atoms with E-state index in [2.05, 4.69) is 20.6 Å². The van der Waals surface area contributed by atoms with Crippen LogP contribution in [0, 0.1) is 0 Å². The van der Waals surface area contributed by atoms with Crippen LogP contribution in [0.15, 0.2) is 57.4 Å². The first kappa shape index (κ1) is 12.4. The second kappa shape index (κ2) is 4.88. The first-order valence-corrected chi connectivity index (χ1v) is 6.57. The van der Waals surface area contributed by atoms with Crippen molar-refractivity contribution in [3.63, 3.8) is 0 Å². The lowest BCUT2D eigenvalue weighted by atomic mass is 10.3. The minimum Gasteiger partial charge on any atom is -0.423 e. The van der Waals surface area contributed by atoms with E-state index in [-0.39, 0.29) is 12.0 Å². The van der Waals surface area contributed by atoms with Crippen molar-refractivity contribution in [3.8, 4) is 0 Å². The Labute approximate surface area is 124 Å². The average molecular weight is 294 g/mol. The number of nitrogens with one attached hydrogen (secondary N) is 2. The van der Waals surface area contributed by atoms with Crippen molar-refractivity contribution in [1.82, 2.24) is 9.97 Å². The highest BCUT2D eigenvalue weighted by atomic mass is 16.4. The zero-order valence-corrected chi connectivity index (χ0v) is 11.2. The second-order valence-electron chi connectivity index (χ2n) is 4.55. The van der Waals surface area contributed by atoms with Crippen LogP contribution in [0.4, 0.5) is 16.8 Å². The number of fused-ring (bicyclic) bond motifs is 2. The van der Waals surface area contributed by atoms with Crippen LogP contribution in [-0.2, 0) is 0 Å². The van der Waals surface area contributed by atoms with Crippen molar-refractivity contribution in [2.24, 2.45) is 0 Å². The van der Waals surface area contributed by atoms with Crippen LogP contribution < -0.4 is 10.6 Å².